The van der Waals surface area contributed by atoms with Crippen molar-refractivity contribution in [1.82, 2.24) is 10.6 Å². The average molecular weight is 361 g/mol. The maximum absolute atomic E-state index is 12.1. The van der Waals surface area contributed by atoms with E-state index in [1.807, 2.05) is 0 Å². The maximum atomic E-state index is 12.1. The van der Waals surface area contributed by atoms with E-state index in [4.69, 9.17) is 9.47 Å². The molecule has 2 fully saturated rings. The minimum absolute atomic E-state index is 0.0705. The van der Waals surface area contributed by atoms with Gasteiger partial charge in [0, 0.05) is 37.6 Å². The smallest absolute Gasteiger partial charge is 0.251 e. The molecule has 3 N–H and O–H groups in total. The molecular formula is C19H27N3O4. The van der Waals surface area contributed by atoms with Gasteiger partial charge in [0.25, 0.3) is 5.91 Å². The topological polar surface area (TPSA) is 88.7 Å². The third-order valence-electron chi connectivity index (χ3n) is 4.67. The largest absolute Gasteiger partial charge is 0.376 e. The Kier molecular flexibility index (Phi) is 6.85. The zero-order valence-corrected chi connectivity index (χ0v) is 15.0. The van der Waals surface area contributed by atoms with Crippen molar-refractivity contribution in [2.24, 2.45) is 0 Å². The van der Waals surface area contributed by atoms with Crippen molar-refractivity contribution in [2.45, 2.75) is 37.9 Å². The fraction of sp³-hybridized carbons (Fsp3) is 0.579. The van der Waals surface area contributed by atoms with Crippen molar-refractivity contribution in [2.75, 3.05) is 38.2 Å². The van der Waals surface area contributed by atoms with Gasteiger partial charge in [0.15, 0.2) is 0 Å². The van der Waals surface area contributed by atoms with Crippen LogP contribution in [-0.4, -0.2) is 56.9 Å². The SMILES string of the molecule is O=C(CNc1ccc(C(=O)NCC2CCCO2)cc1)NCC1CCCO1. The highest BCUT2D eigenvalue weighted by Crippen LogP contribution is 2.12. The van der Waals surface area contributed by atoms with E-state index in [1.54, 1.807) is 24.3 Å². The molecule has 7 heteroatoms. The second-order valence-corrected chi connectivity index (χ2v) is 6.72. The Hall–Kier alpha value is -2.12. The Bertz CT molecular complexity index is 593. The molecule has 0 saturated carbocycles. The lowest BCUT2D eigenvalue weighted by atomic mass is 10.2. The number of hydrogen-bond acceptors (Lipinski definition) is 5. The van der Waals surface area contributed by atoms with Crippen molar-refractivity contribution in [3.63, 3.8) is 0 Å². The van der Waals surface area contributed by atoms with Crippen LogP contribution in [0.5, 0.6) is 0 Å². The predicted molar refractivity (Wildman–Crippen MR) is 98.2 cm³/mol. The highest BCUT2D eigenvalue weighted by atomic mass is 16.5. The molecule has 142 valence electrons. The van der Waals surface area contributed by atoms with Crippen molar-refractivity contribution in [1.29, 1.82) is 0 Å². The first-order chi connectivity index (χ1) is 12.7. The van der Waals surface area contributed by atoms with Crippen LogP contribution in [0.2, 0.25) is 0 Å². The molecule has 7 nitrogen and oxygen atoms in total. The fourth-order valence-electron chi connectivity index (χ4n) is 3.13. The number of carbonyl (C=O) groups is 2. The van der Waals surface area contributed by atoms with E-state index in [0.29, 0.717) is 18.7 Å². The van der Waals surface area contributed by atoms with Crippen LogP contribution >= 0.6 is 0 Å². The lowest BCUT2D eigenvalue weighted by Crippen LogP contribution is -2.35. The van der Waals surface area contributed by atoms with Gasteiger partial charge in [-0.15, -0.1) is 0 Å². The van der Waals surface area contributed by atoms with Gasteiger partial charge in [0.1, 0.15) is 0 Å². The van der Waals surface area contributed by atoms with Gasteiger partial charge in [-0.25, -0.2) is 0 Å². The van der Waals surface area contributed by atoms with E-state index >= 15 is 0 Å². The van der Waals surface area contributed by atoms with E-state index in [2.05, 4.69) is 16.0 Å². The highest BCUT2D eigenvalue weighted by molar-refractivity contribution is 5.94. The predicted octanol–water partition coefficient (Wildman–Crippen LogP) is 1.30. The van der Waals surface area contributed by atoms with Gasteiger partial charge in [-0.05, 0) is 49.9 Å². The second kappa shape index (κ2) is 9.54. The molecule has 2 saturated heterocycles. The number of rotatable bonds is 8. The normalized spacial score (nSPS) is 22.2. The van der Waals surface area contributed by atoms with Crippen LogP contribution in [0.1, 0.15) is 36.0 Å². The molecule has 3 rings (SSSR count). The van der Waals surface area contributed by atoms with E-state index in [0.717, 1.165) is 44.6 Å². The van der Waals surface area contributed by atoms with Crippen LogP contribution in [0, 0.1) is 0 Å². The molecule has 0 aromatic heterocycles. The molecule has 2 atom stereocenters. The van der Waals surface area contributed by atoms with Crippen molar-refractivity contribution in [3.8, 4) is 0 Å². The molecule has 2 aliphatic rings. The fourth-order valence-corrected chi connectivity index (χ4v) is 3.13. The molecule has 2 aliphatic heterocycles. The Morgan fingerprint density at radius 2 is 1.54 bits per heavy atom. The first kappa shape index (κ1) is 18.7. The molecule has 0 aliphatic carbocycles. The maximum Gasteiger partial charge on any atom is 0.251 e. The summed E-state index contributed by atoms with van der Waals surface area (Å²) in [6.07, 6.45) is 4.40. The summed E-state index contributed by atoms with van der Waals surface area (Å²) in [6, 6.07) is 7.09. The summed E-state index contributed by atoms with van der Waals surface area (Å²) in [7, 11) is 0. The first-order valence-corrected chi connectivity index (χ1v) is 9.33. The lowest BCUT2D eigenvalue weighted by Gasteiger charge is -2.12. The zero-order chi connectivity index (χ0) is 18.2. The molecule has 1 aromatic carbocycles. The number of hydrogen-bond donors (Lipinski definition) is 3. The number of nitrogens with one attached hydrogen (secondary N) is 3. The molecule has 0 spiro atoms. The third-order valence-corrected chi connectivity index (χ3v) is 4.67. The minimum atomic E-state index is -0.110. The molecule has 2 heterocycles. The van der Waals surface area contributed by atoms with E-state index < -0.39 is 0 Å². The van der Waals surface area contributed by atoms with Crippen LogP contribution in [0.15, 0.2) is 24.3 Å². The summed E-state index contributed by atoms with van der Waals surface area (Å²) in [5.41, 5.74) is 1.39. The average Bonchev–Trinajstić information content (AvgIpc) is 3.37. The van der Waals surface area contributed by atoms with Gasteiger partial charge in [0.2, 0.25) is 5.91 Å². The van der Waals surface area contributed by atoms with Crippen LogP contribution in [0.25, 0.3) is 0 Å². The quantitative estimate of drug-likeness (QED) is 0.650. The summed E-state index contributed by atoms with van der Waals surface area (Å²) < 4.78 is 11.0. The van der Waals surface area contributed by atoms with Gasteiger partial charge in [0.05, 0.1) is 18.8 Å². The number of benzene rings is 1. The van der Waals surface area contributed by atoms with Crippen LogP contribution in [-0.2, 0) is 14.3 Å². The number of amides is 2. The van der Waals surface area contributed by atoms with E-state index in [9.17, 15) is 9.59 Å². The minimum Gasteiger partial charge on any atom is -0.376 e. The van der Waals surface area contributed by atoms with Crippen molar-refractivity contribution >= 4 is 17.5 Å². The standard InChI is InChI=1S/C19H27N3O4/c23-18(21-11-16-3-1-9-25-16)13-20-15-7-5-14(6-8-15)19(24)22-12-17-4-2-10-26-17/h5-8,16-17,20H,1-4,9-13H2,(H,21,23)(H,22,24). The van der Waals surface area contributed by atoms with Gasteiger partial charge in [-0.2, -0.15) is 0 Å². The molecular weight excluding hydrogens is 334 g/mol. The summed E-state index contributed by atoms with van der Waals surface area (Å²) in [4.78, 5) is 24.0. The molecule has 1 aromatic rings. The Labute approximate surface area is 153 Å². The van der Waals surface area contributed by atoms with E-state index in [-0.39, 0.29) is 30.6 Å². The Morgan fingerprint density at radius 3 is 2.12 bits per heavy atom. The number of ether oxygens (including phenoxy) is 2. The van der Waals surface area contributed by atoms with Gasteiger partial charge in [-0.1, -0.05) is 0 Å². The summed E-state index contributed by atoms with van der Waals surface area (Å²) >= 11 is 0. The van der Waals surface area contributed by atoms with Crippen LogP contribution in [0.3, 0.4) is 0 Å². The van der Waals surface area contributed by atoms with Crippen molar-refractivity contribution < 1.29 is 19.1 Å². The third kappa shape index (κ3) is 5.71. The van der Waals surface area contributed by atoms with Crippen molar-refractivity contribution in [3.05, 3.63) is 29.8 Å². The van der Waals surface area contributed by atoms with Gasteiger partial charge >= 0.3 is 0 Å². The van der Waals surface area contributed by atoms with E-state index in [1.165, 1.54) is 0 Å². The van der Waals surface area contributed by atoms with Gasteiger partial charge < -0.3 is 25.4 Å². The Morgan fingerprint density at radius 1 is 0.923 bits per heavy atom. The summed E-state index contributed by atoms with van der Waals surface area (Å²) in [5, 5.41) is 8.82. The second-order valence-electron chi connectivity index (χ2n) is 6.72. The number of carbonyl (C=O) groups excluding carboxylic acids is 2. The number of anilines is 1. The molecule has 2 unspecified atom stereocenters. The van der Waals surface area contributed by atoms with Gasteiger partial charge in [-0.3, -0.25) is 9.59 Å². The monoisotopic (exact) mass is 361 g/mol. The summed E-state index contributed by atoms with van der Waals surface area (Å²) in [5.74, 6) is -0.180. The lowest BCUT2D eigenvalue weighted by molar-refractivity contribution is -0.119. The van der Waals surface area contributed by atoms with Crippen LogP contribution < -0.4 is 16.0 Å². The molecule has 0 bridgehead atoms. The Balaban J connectivity index is 1.36. The van der Waals surface area contributed by atoms with Crippen LogP contribution in [0.4, 0.5) is 5.69 Å². The molecule has 0 radical (unpaired) electrons. The first-order valence-electron chi connectivity index (χ1n) is 9.33. The molecule has 2 amide bonds. The zero-order valence-electron chi connectivity index (χ0n) is 15.0. The highest BCUT2D eigenvalue weighted by Gasteiger charge is 2.17. The molecule has 26 heavy (non-hydrogen) atoms. The summed E-state index contributed by atoms with van der Waals surface area (Å²) in [6.45, 7) is 2.86.